The molecule has 0 spiro atoms. The zero-order chi connectivity index (χ0) is 32.2. The van der Waals surface area contributed by atoms with Crippen molar-refractivity contribution in [2.24, 2.45) is 0 Å². The Morgan fingerprint density at radius 1 is 0.469 bits per heavy atom. The summed E-state index contributed by atoms with van der Waals surface area (Å²) in [4.78, 5) is 10.5. The van der Waals surface area contributed by atoms with E-state index in [0.29, 0.717) is 0 Å². The van der Waals surface area contributed by atoms with Crippen LogP contribution < -0.4 is 0 Å². The molecule has 0 aliphatic rings. The molecule has 4 nitrogen and oxygen atoms in total. The topological polar surface area (TPSA) is 35.1 Å². The summed E-state index contributed by atoms with van der Waals surface area (Å²) in [7, 11) is 0. The lowest BCUT2D eigenvalue weighted by Gasteiger charge is -2.15. The Morgan fingerprint density at radius 2 is 1.10 bits per heavy atom. The normalized spacial score (nSPS) is 12.2. The highest BCUT2D eigenvalue weighted by atomic mass is 19.1. The molecule has 0 unspecified atom stereocenters. The molecule has 228 valence electrons. The monoisotopic (exact) mass is 628 g/mol. The van der Waals surface area contributed by atoms with E-state index in [0.717, 1.165) is 88.2 Å². The molecule has 7 aromatic carbocycles. The summed E-state index contributed by atoms with van der Waals surface area (Å²) >= 11 is 0. The van der Waals surface area contributed by atoms with Gasteiger partial charge >= 0.3 is 0 Å². The third kappa shape index (κ3) is 3.51. The van der Waals surface area contributed by atoms with Crippen LogP contribution in [0.15, 0.2) is 152 Å². The van der Waals surface area contributed by atoms with Crippen LogP contribution in [-0.2, 0) is 0 Å². The van der Waals surface area contributed by atoms with Crippen LogP contribution in [-0.4, -0.2) is 18.9 Å². The molecular weight excluding hydrogens is 604 g/mol. The second kappa shape index (κ2) is 9.72. The standard InChI is InChI=1S/C44H25FN4/c45-28-22-23-31-34(24-28)43-39(33-19-11-18-30-29-16-7-9-20-36(29)48(43)41(30)33)38-32-17-8-10-21-37(32)49(42(31)38)44-40(27-14-5-2-6-15-27)47-35(25-46-44)26-12-3-1-4-13-26/h1-25H. The minimum Gasteiger partial charge on any atom is -0.307 e. The van der Waals surface area contributed by atoms with Crippen LogP contribution >= 0.6 is 0 Å². The fourth-order valence-electron chi connectivity index (χ4n) is 8.17. The summed E-state index contributed by atoms with van der Waals surface area (Å²) in [5, 5.41) is 8.70. The third-order valence-electron chi connectivity index (χ3n) is 10.1. The quantitative estimate of drug-likeness (QED) is 0.195. The highest BCUT2D eigenvalue weighted by Gasteiger charge is 2.27. The summed E-state index contributed by atoms with van der Waals surface area (Å²) in [6.45, 7) is 0. The molecule has 5 heteroatoms. The first-order chi connectivity index (χ1) is 24.3. The molecule has 0 amide bonds. The van der Waals surface area contributed by atoms with Crippen molar-refractivity contribution < 1.29 is 4.39 Å². The van der Waals surface area contributed by atoms with Gasteiger partial charge in [0.2, 0.25) is 0 Å². The van der Waals surface area contributed by atoms with Gasteiger partial charge in [0, 0.05) is 54.2 Å². The van der Waals surface area contributed by atoms with E-state index >= 15 is 4.39 Å². The van der Waals surface area contributed by atoms with Crippen molar-refractivity contribution in [1.82, 2.24) is 18.9 Å². The van der Waals surface area contributed by atoms with Crippen molar-refractivity contribution in [1.29, 1.82) is 0 Å². The second-order valence-electron chi connectivity index (χ2n) is 12.7. The maximum Gasteiger partial charge on any atom is 0.164 e. The molecule has 11 aromatic rings. The van der Waals surface area contributed by atoms with Gasteiger partial charge in [-0.1, -0.05) is 115 Å². The van der Waals surface area contributed by atoms with Gasteiger partial charge in [-0.2, -0.15) is 0 Å². The van der Waals surface area contributed by atoms with Gasteiger partial charge in [0.1, 0.15) is 11.5 Å². The number of para-hydroxylation sites is 3. The van der Waals surface area contributed by atoms with Crippen LogP contribution in [0, 0.1) is 5.82 Å². The highest BCUT2D eigenvalue weighted by molar-refractivity contribution is 6.39. The van der Waals surface area contributed by atoms with Gasteiger partial charge in [-0.15, -0.1) is 0 Å². The molecule has 0 N–H and O–H groups in total. The van der Waals surface area contributed by atoms with E-state index < -0.39 is 0 Å². The van der Waals surface area contributed by atoms with Gasteiger partial charge in [0.25, 0.3) is 0 Å². The van der Waals surface area contributed by atoms with E-state index in [1.165, 1.54) is 10.8 Å². The third-order valence-corrected chi connectivity index (χ3v) is 10.1. The van der Waals surface area contributed by atoms with Gasteiger partial charge in [-0.3, -0.25) is 4.57 Å². The molecule has 0 bridgehead atoms. The molecule has 4 aromatic heterocycles. The van der Waals surface area contributed by atoms with Crippen LogP contribution in [0.5, 0.6) is 0 Å². The minimum atomic E-state index is -0.266. The van der Waals surface area contributed by atoms with Gasteiger partial charge < -0.3 is 4.40 Å². The van der Waals surface area contributed by atoms with Gasteiger partial charge in [-0.05, 0) is 30.3 Å². The Morgan fingerprint density at radius 3 is 1.92 bits per heavy atom. The second-order valence-corrected chi connectivity index (χ2v) is 12.7. The predicted octanol–water partition coefficient (Wildman–Crippen LogP) is 11.4. The van der Waals surface area contributed by atoms with E-state index in [2.05, 4.69) is 100.0 Å². The number of hydrogen-bond acceptors (Lipinski definition) is 2. The number of halogens is 1. The van der Waals surface area contributed by atoms with Crippen LogP contribution in [0.3, 0.4) is 0 Å². The number of fused-ring (bicyclic) bond motifs is 13. The molecule has 0 radical (unpaired) electrons. The summed E-state index contributed by atoms with van der Waals surface area (Å²) in [6, 6.07) is 49.2. The fraction of sp³-hybridized carbons (Fsp3) is 0. The predicted molar refractivity (Wildman–Crippen MR) is 199 cm³/mol. The minimum absolute atomic E-state index is 0.266. The maximum atomic E-state index is 15.4. The van der Waals surface area contributed by atoms with Gasteiger partial charge in [-0.25, -0.2) is 14.4 Å². The smallest absolute Gasteiger partial charge is 0.164 e. The molecule has 4 heterocycles. The van der Waals surface area contributed by atoms with E-state index in [1.807, 2.05) is 48.7 Å². The van der Waals surface area contributed by atoms with Gasteiger partial charge in [0.05, 0.1) is 39.5 Å². The number of aromatic nitrogens is 4. The van der Waals surface area contributed by atoms with Crippen molar-refractivity contribution in [2.75, 3.05) is 0 Å². The van der Waals surface area contributed by atoms with E-state index in [4.69, 9.17) is 9.97 Å². The molecule has 0 aliphatic carbocycles. The number of rotatable bonds is 3. The van der Waals surface area contributed by atoms with Crippen molar-refractivity contribution in [3.05, 3.63) is 158 Å². The summed E-state index contributed by atoms with van der Waals surface area (Å²) < 4.78 is 20.1. The SMILES string of the molecule is Fc1ccc2c(c1)c1c(c3cccc4c5ccccc5n1c43)c1c3ccccc3n(-c3ncc(-c4ccccc4)nc3-c3ccccc3)c21. The number of nitrogens with zero attached hydrogens (tertiary/aromatic N) is 4. The molecule has 0 saturated carbocycles. The number of hydrogen-bond donors (Lipinski definition) is 0. The summed E-state index contributed by atoms with van der Waals surface area (Å²) in [5.74, 6) is 0.460. The molecule has 0 fully saturated rings. The first kappa shape index (κ1) is 26.5. The Bertz CT molecular complexity index is 3100. The lowest BCUT2D eigenvalue weighted by molar-refractivity contribution is 0.630. The molecule has 0 saturated heterocycles. The highest BCUT2D eigenvalue weighted by Crippen LogP contribution is 2.49. The Labute approximate surface area is 279 Å². The average molecular weight is 629 g/mol. The van der Waals surface area contributed by atoms with Crippen LogP contribution in [0.25, 0.3) is 99.0 Å². The Hall–Kier alpha value is -6.59. The van der Waals surface area contributed by atoms with Crippen molar-refractivity contribution >= 4 is 70.7 Å². The first-order valence-corrected chi connectivity index (χ1v) is 16.5. The maximum absolute atomic E-state index is 15.4. The molecule has 0 aliphatic heterocycles. The molecular formula is C44H25FN4. The van der Waals surface area contributed by atoms with E-state index in [1.54, 1.807) is 12.1 Å². The summed E-state index contributed by atoms with van der Waals surface area (Å²) in [5.41, 5.74) is 8.85. The molecule has 11 rings (SSSR count). The Kier molecular flexibility index (Phi) is 5.25. The van der Waals surface area contributed by atoms with Crippen molar-refractivity contribution in [2.45, 2.75) is 0 Å². The van der Waals surface area contributed by atoms with E-state index in [9.17, 15) is 0 Å². The van der Waals surface area contributed by atoms with Crippen LogP contribution in [0.2, 0.25) is 0 Å². The fourth-order valence-corrected chi connectivity index (χ4v) is 8.17. The largest absolute Gasteiger partial charge is 0.307 e. The lowest BCUT2D eigenvalue weighted by atomic mass is 9.98. The number of benzene rings is 7. The van der Waals surface area contributed by atoms with Crippen molar-refractivity contribution in [3.63, 3.8) is 0 Å². The Balaban J connectivity index is 1.39. The van der Waals surface area contributed by atoms with Crippen LogP contribution in [0.1, 0.15) is 0 Å². The average Bonchev–Trinajstić information content (AvgIpc) is 3.81. The van der Waals surface area contributed by atoms with E-state index in [-0.39, 0.29) is 5.82 Å². The zero-order valence-electron chi connectivity index (χ0n) is 26.1. The molecule has 0 atom stereocenters. The zero-order valence-corrected chi connectivity index (χ0v) is 26.1. The molecule has 49 heavy (non-hydrogen) atoms. The summed E-state index contributed by atoms with van der Waals surface area (Å²) in [6.07, 6.45) is 1.87. The van der Waals surface area contributed by atoms with Gasteiger partial charge in [0.15, 0.2) is 5.82 Å². The van der Waals surface area contributed by atoms with Crippen LogP contribution in [0.4, 0.5) is 4.39 Å². The lowest BCUT2D eigenvalue weighted by Crippen LogP contribution is -2.04. The van der Waals surface area contributed by atoms with Crippen molar-refractivity contribution in [3.8, 4) is 28.3 Å². The first-order valence-electron chi connectivity index (χ1n) is 16.5.